The number of thiophene rings is 1. The van der Waals surface area contributed by atoms with Crippen LogP contribution in [0.5, 0.6) is 17.2 Å². The van der Waals surface area contributed by atoms with Crippen molar-refractivity contribution in [3.05, 3.63) is 39.6 Å². The fraction of sp³-hybridized carbons (Fsp3) is 0.375. The second-order valence-corrected chi connectivity index (χ2v) is 5.44. The van der Waals surface area contributed by atoms with Crippen LogP contribution in [0.25, 0.3) is 0 Å². The Hall–Kier alpha value is -1.72. The average Bonchev–Trinajstić information content (AvgIpc) is 3.00. The molecule has 0 saturated carbocycles. The number of methoxy groups -OCH3 is 3. The maximum absolute atomic E-state index is 10.7. The van der Waals surface area contributed by atoms with Gasteiger partial charge in [-0.05, 0) is 35.6 Å². The molecular formula is C16H20O4S. The quantitative estimate of drug-likeness (QED) is 0.888. The summed E-state index contributed by atoms with van der Waals surface area (Å²) in [5, 5.41) is 12.7. The number of benzene rings is 1. The first kappa shape index (κ1) is 15.7. The van der Waals surface area contributed by atoms with Gasteiger partial charge in [-0.1, -0.05) is 6.92 Å². The van der Waals surface area contributed by atoms with Crippen molar-refractivity contribution in [2.45, 2.75) is 19.4 Å². The van der Waals surface area contributed by atoms with E-state index in [1.165, 1.54) is 0 Å². The third kappa shape index (κ3) is 2.84. The summed E-state index contributed by atoms with van der Waals surface area (Å²) in [6.07, 6.45) is 0.139. The van der Waals surface area contributed by atoms with Crippen LogP contribution in [-0.4, -0.2) is 26.4 Å². The van der Waals surface area contributed by atoms with Gasteiger partial charge in [-0.3, -0.25) is 0 Å². The van der Waals surface area contributed by atoms with Crippen molar-refractivity contribution >= 4 is 11.3 Å². The fourth-order valence-electron chi connectivity index (χ4n) is 2.36. The lowest BCUT2D eigenvalue weighted by atomic mass is 10.0. The Morgan fingerprint density at radius 2 is 1.76 bits per heavy atom. The highest BCUT2D eigenvalue weighted by Gasteiger charge is 2.24. The monoisotopic (exact) mass is 308 g/mol. The van der Waals surface area contributed by atoms with Crippen molar-refractivity contribution in [1.29, 1.82) is 0 Å². The molecule has 5 heteroatoms. The maximum atomic E-state index is 10.7. The predicted octanol–water partition coefficient (Wildman–Crippen LogP) is 3.42. The molecule has 0 aliphatic heterocycles. The summed E-state index contributed by atoms with van der Waals surface area (Å²) in [7, 11) is 4.68. The van der Waals surface area contributed by atoms with Crippen LogP contribution in [0.15, 0.2) is 23.6 Å². The molecule has 2 rings (SSSR count). The molecule has 0 saturated heterocycles. The SMILES string of the molecule is CCc1ccsc1C(O)c1ccc(OC)c(OC)c1OC. The van der Waals surface area contributed by atoms with Gasteiger partial charge in [0.1, 0.15) is 6.10 Å². The zero-order valence-electron chi connectivity index (χ0n) is 12.7. The predicted molar refractivity (Wildman–Crippen MR) is 83.9 cm³/mol. The lowest BCUT2D eigenvalue weighted by molar-refractivity contribution is 0.215. The molecule has 114 valence electrons. The Kier molecular flexibility index (Phi) is 5.09. The van der Waals surface area contributed by atoms with E-state index in [9.17, 15) is 5.11 Å². The molecule has 0 fully saturated rings. The maximum Gasteiger partial charge on any atom is 0.203 e. The van der Waals surface area contributed by atoms with Crippen LogP contribution in [0.2, 0.25) is 0 Å². The van der Waals surface area contributed by atoms with Crippen molar-refractivity contribution in [2.75, 3.05) is 21.3 Å². The first-order valence-corrected chi connectivity index (χ1v) is 7.59. The van der Waals surface area contributed by atoms with E-state index < -0.39 is 6.10 Å². The van der Waals surface area contributed by atoms with Gasteiger partial charge in [0.15, 0.2) is 11.5 Å². The highest BCUT2D eigenvalue weighted by Crippen LogP contribution is 2.44. The van der Waals surface area contributed by atoms with E-state index in [4.69, 9.17) is 14.2 Å². The summed E-state index contributed by atoms with van der Waals surface area (Å²) < 4.78 is 16.1. The number of ether oxygens (including phenoxy) is 3. The highest BCUT2D eigenvalue weighted by atomic mass is 32.1. The second-order valence-electron chi connectivity index (χ2n) is 4.49. The standard InChI is InChI=1S/C16H20O4S/c1-5-10-8-9-21-16(10)13(17)11-6-7-12(18-2)15(20-4)14(11)19-3/h6-9,13,17H,5H2,1-4H3. The summed E-state index contributed by atoms with van der Waals surface area (Å²) in [5.41, 5.74) is 1.82. The van der Waals surface area contributed by atoms with Crippen molar-refractivity contribution in [3.8, 4) is 17.2 Å². The molecule has 0 radical (unpaired) electrons. The minimum Gasteiger partial charge on any atom is -0.493 e. The molecule has 0 amide bonds. The van der Waals surface area contributed by atoms with Crippen LogP contribution in [-0.2, 0) is 6.42 Å². The summed E-state index contributed by atoms with van der Waals surface area (Å²) in [6, 6.07) is 5.62. The number of hydrogen-bond donors (Lipinski definition) is 1. The largest absolute Gasteiger partial charge is 0.493 e. The van der Waals surface area contributed by atoms with E-state index in [1.54, 1.807) is 38.7 Å². The Labute approximate surface area is 128 Å². The zero-order chi connectivity index (χ0) is 15.4. The first-order valence-electron chi connectivity index (χ1n) is 6.71. The van der Waals surface area contributed by atoms with Gasteiger partial charge in [0.2, 0.25) is 5.75 Å². The van der Waals surface area contributed by atoms with Gasteiger partial charge < -0.3 is 19.3 Å². The molecule has 2 aromatic rings. The Balaban J connectivity index is 2.53. The topological polar surface area (TPSA) is 47.9 Å². The Bertz CT molecular complexity index is 606. The van der Waals surface area contributed by atoms with Gasteiger partial charge in [0.25, 0.3) is 0 Å². The van der Waals surface area contributed by atoms with Gasteiger partial charge in [0, 0.05) is 10.4 Å². The smallest absolute Gasteiger partial charge is 0.203 e. The molecule has 1 unspecified atom stereocenters. The van der Waals surface area contributed by atoms with Crippen LogP contribution in [0.4, 0.5) is 0 Å². The van der Waals surface area contributed by atoms with Crippen molar-refractivity contribution < 1.29 is 19.3 Å². The van der Waals surface area contributed by atoms with Crippen LogP contribution in [0, 0.1) is 0 Å². The normalized spacial score (nSPS) is 12.0. The van der Waals surface area contributed by atoms with E-state index >= 15 is 0 Å². The molecule has 0 spiro atoms. The molecular weight excluding hydrogens is 288 g/mol. The average molecular weight is 308 g/mol. The number of aliphatic hydroxyl groups excluding tert-OH is 1. The van der Waals surface area contributed by atoms with Crippen molar-refractivity contribution in [1.82, 2.24) is 0 Å². The minimum atomic E-state index is -0.741. The molecule has 1 heterocycles. The lowest BCUT2D eigenvalue weighted by Gasteiger charge is -2.19. The Morgan fingerprint density at radius 3 is 2.33 bits per heavy atom. The molecule has 4 nitrogen and oxygen atoms in total. The zero-order valence-corrected chi connectivity index (χ0v) is 13.5. The van der Waals surface area contributed by atoms with Crippen molar-refractivity contribution in [3.63, 3.8) is 0 Å². The molecule has 1 aromatic heterocycles. The summed E-state index contributed by atoms with van der Waals surface area (Å²) >= 11 is 1.54. The molecule has 0 aliphatic carbocycles. The van der Waals surface area contributed by atoms with Crippen LogP contribution in [0.3, 0.4) is 0 Å². The van der Waals surface area contributed by atoms with Crippen LogP contribution < -0.4 is 14.2 Å². The second kappa shape index (κ2) is 6.83. The lowest BCUT2D eigenvalue weighted by Crippen LogP contribution is -2.05. The van der Waals surface area contributed by atoms with Gasteiger partial charge >= 0.3 is 0 Å². The van der Waals surface area contributed by atoms with Gasteiger partial charge in [-0.15, -0.1) is 11.3 Å². The summed E-state index contributed by atoms with van der Waals surface area (Å²) in [4.78, 5) is 0.933. The van der Waals surface area contributed by atoms with E-state index in [0.717, 1.165) is 16.9 Å². The molecule has 0 bridgehead atoms. The molecule has 1 atom stereocenters. The van der Waals surface area contributed by atoms with E-state index in [1.807, 2.05) is 17.5 Å². The third-order valence-corrected chi connectivity index (χ3v) is 4.45. The van der Waals surface area contributed by atoms with E-state index in [-0.39, 0.29) is 0 Å². The third-order valence-electron chi connectivity index (χ3n) is 3.44. The number of rotatable bonds is 6. The van der Waals surface area contributed by atoms with Gasteiger partial charge in [-0.25, -0.2) is 0 Å². The number of aryl methyl sites for hydroxylation is 1. The number of aliphatic hydroxyl groups is 1. The highest BCUT2D eigenvalue weighted by molar-refractivity contribution is 7.10. The fourth-order valence-corrected chi connectivity index (χ4v) is 3.36. The molecule has 1 aromatic carbocycles. The van der Waals surface area contributed by atoms with Crippen LogP contribution >= 0.6 is 11.3 Å². The van der Waals surface area contributed by atoms with Crippen molar-refractivity contribution in [2.24, 2.45) is 0 Å². The van der Waals surface area contributed by atoms with E-state index in [0.29, 0.717) is 22.8 Å². The van der Waals surface area contributed by atoms with Gasteiger partial charge in [-0.2, -0.15) is 0 Å². The Morgan fingerprint density at radius 1 is 1.05 bits per heavy atom. The molecule has 0 aliphatic rings. The summed E-state index contributed by atoms with van der Waals surface area (Å²) in [6.45, 7) is 2.07. The van der Waals surface area contributed by atoms with Gasteiger partial charge in [0.05, 0.1) is 21.3 Å². The molecule has 1 N–H and O–H groups in total. The summed E-state index contributed by atoms with van der Waals surface area (Å²) in [5.74, 6) is 1.57. The van der Waals surface area contributed by atoms with Crippen LogP contribution in [0.1, 0.15) is 29.0 Å². The molecule has 21 heavy (non-hydrogen) atoms. The number of hydrogen-bond acceptors (Lipinski definition) is 5. The first-order chi connectivity index (χ1) is 10.2. The van der Waals surface area contributed by atoms with E-state index in [2.05, 4.69) is 6.92 Å². The minimum absolute atomic E-state index is 0.492.